The number of carbonyl (C=O) groups excluding carboxylic acids is 2. The third kappa shape index (κ3) is 5.23. The molecule has 3 aliphatic heterocycles. The van der Waals surface area contributed by atoms with E-state index >= 15 is 0 Å². The number of nitrogens with zero attached hydrogens (tertiary/aromatic N) is 5. The molecule has 3 fully saturated rings. The fraction of sp³-hybridized carbons (Fsp3) is 0.500. The number of carbonyl (C=O) groups is 2. The summed E-state index contributed by atoms with van der Waals surface area (Å²) in [6, 6.07) is 9.19. The summed E-state index contributed by atoms with van der Waals surface area (Å²) in [4.78, 5) is 34.8. The van der Waals surface area contributed by atoms with Crippen LogP contribution in [0.5, 0.6) is 0 Å². The molecule has 1 unspecified atom stereocenters. The number of aromatic nitrogens is 3. The van der Waals surface area contributed by atoms with Gasteiger partial charge in [-0.25, -0.2) is 13.5 Å². The largest absolute Gasteiger partial charge is 0.366 e. The smallest absolute Gasteiger partial charge is 0.281 e. The lowest BCUT2D eigenvalue weighted by atomic mass is 9.74. The Morgan fingerprint density at radius 3 is 2.66 bits per heavy atom. The van der Waals surface area contributed by atoms with Crippen LogP contribution in [0.1, 0.15) is 79.2 Å². The third-order valence-electron chi connectivity index (χ3n) is 9.65. The highest BCUT2D eigenvalue weighted by atomic mass is 35.5. The van der Waals surface area contributed by atoms with Crippen LogP contribution in [0.25, 0.3) is 0 Å². The van der Waals surface area contributed by atoms with Crippen molar-refractivity contribution in [3.05, 3.63) is 70.8 Å². The molecule has 2 aromatic heterocycles. The van der Waals surface area contributed by atoms with Gasteiger partial charge >= 0.3 is 0 Å². The summed E-state index contributed by atoms with van der Waals surface area (Å²) in [6.45, 7) is 2.58. The number of halogens is 3. The summed E-state index contributed by atoms with van der Waals surface area (Å²) in [7, 11) is 0. The summed E-state index contributed by atoms with van der Waals surface area (Å²) in [5.74, 6) is -0.179. The topological polar surface area (TPSA) is 92.6 Å². The Balaban J connectivity index is 0.979. The molecule has 1 atom stereocenters. The normalized spacial score (nSPS) is 24.5. The van der Waals surface area contributed by atoms with Gasteiger partial charge in [-0.05, 0) is 68.6 Å². The number of benzene rings is 1. The number of para-hydroxylation sites is 1. The molecule has 3 aromatic rings. The summed E-state index contributed by atoms with van der Waals surface area (Å²) >= 11 is 5.93. The number of fused-ring (bicyclic) bond motifs is 2. The van der Waals surface area contributed by atoms with Crippen LogP contribution in [-0.4, -0.2) is 58.9 Å². The number of ether oxygens (including phenoxy) is 1. The number of nitrogens with one attached hydrogen (secondary N) is 1. The van der Waals surface area contributed by atoms with E-state index in [1.807, 2.05) is 40.2 Å². The number of rotatable bonds is 7. The lowest BCUT2D eigenvalue weighted by molar-refractivity contribution is -0.124. The Labute approximate surface area is 259 Å². The van der Waals surface area contributed by atoms with Crippen LogP contribution < -0.4 is 15.1 Å². The van der Waals surface area contributed by atoms with Gasteiger partial charge in [-0.1, -0.05) is 29.8 Å². The highest BCUT2D eigenvalue weighted by Gasteiger charge is 2.58. The first-order valence-electron chi connectivity index (χ1n) is 15.4. The van der Waals surface area contributed by atoms with E-state index in [1.54, 1.807) is 0 Å². The Kier molecular flexibility index (Phi) is 7.78. The number of amides is 2. The summed E-state index contributed by atoms with van der Waals surface area (Å²) in [5.41, 5.74) is 1.73. The van der Waals surface area contributed by atoms with Gasteiger partial charge in [-0.2, -0.15) is 5.10 Å². The molecule has 5 heterocycles. The van der Waals surface area contributed by atoms with E-state index in [-0.39, 0.29) is 34.7 Å². The molecule has 0 bridgehead atoms. The van der Waals surface area contributed by atoms with Gasteiger partial charge in [0.1, 0.15) is 17.3 Å². The van der Waals surface area contributed by atoms with Gasteiger partial charge < -0.3 is 19.9 Å². The van der Waals surface area contributed by atoms with E-state index in [2.05, 4.69) is 26.4 Å². The van der Waals surface area contributed by atoms with Crippen LogP contribution in [0.15, 0.2) is 48.9 Å². The minimum atomic E-state index is -2.87. The van der Waals surface area contributed by atoms with Crippen LogP contribution in [-0.2, 0) is 14.9 Å². The Morgan fingerprint density at radius 1 is 1.11 bits per heavy atom. The maximum Gasteiger partial charge on any atom is 0.281 e. The standard InChI is InChI=1S/C32H35ClF2N6O3/c33-21-13-24(28(29(34)35)36-14-21)30(42)38-22-10-8-20(9-11-22)16-40-26-6-2-1-5-25(26)32(31(40)43)18-39(19-32)23-15-37-41(17-23)27-7-3-4-12-44-27/h1-2,5-6,13-15,17,20,22,27,29H,3-4,7-12,16,18-19H2,(H,38,42)/t20-,22-,27?. The zero-order chi connectivity index (χ0) is 30.4. The maximum atomic E-state index is 14.1. The second-order valence-corrected chi connectivity index (χ2v) is 12.9. The zero-order valence-corrected chi connectivity index (χ0v) is 25.1. The molecule has 4 aliphatic rings. The van der Waals surface area contributed by atoms with Crippen molar-refractivity contribution in [3.63, 3.8) is 0 Å². The van der Waals surface area contributed by atoms with Crippen molar-refractivity contribution in [2.45, 2.75) is 69.1 Å². The van der Waals surface area contributed by atoms with Crippen molar-refractivity contribution in [1.82, 2.24) is 20.1 Å². The van der Waals surface area contributed by atoms with Gasteiger partial charge in [0.05, 0.1) is 28.7 Å². The number of hydrogen-bond acceptors (Lipinski definition) is 6. The molecule has 0 radical (unpaired) electrons. The lowest BCUT2D eigenvalue weighted by Gasteiger charge is -2.47. The summed E-state index contributed by atoms with van der Waals surface area (Å²) in [6.07, 6.45) is 8.32. The van der Waals surface area contributed by atoms with Crippen LogP contribution in [0.2, 0.25) is 5.02 Å². The highest BCUT2D eigenvalue weighted by molar-refractivity contribution is 6.30. The molecule has 9 nitrogen and oxygen atoms in total. The molecule has 1 N–H and O–H groups in total. The maximum absolute atomic E-state index is 14.1. The van der Waals surface area contributed by atoms with E-state index in [1.165, 1.54) is 6.07 Å². The van der Waals surface area contributed by atoms with Crippen molar-refractivity contribution >= 4 is 34.8 Å². The van der Waals surface area contributed by atoms with Crippen molar-refractivity contribution in [3.8, 4) is 0 Å². The Hall–Kier alpha value is -3.57. The second kappa shape index (κ2) is 11.7. The summed E-state index contributed by atoms with van der Waals surface area (Å²) < 4.78 is 34.6. The molecular formula is C32H35ClF2N6O3. The van der Waals surface area contributed by atoms with Crippen LogP contribution in [0.3, 0.4) is 0 Å². The first kappa shape index (κ1) is 29.2. The van der Waals surface area contributed by atoms with E-state index in [0.29, 0.717) is 32.5 Å². The number of hydrogen-bond donors (Lipinski definition) is 1. The predicted octanol–water partition coefficient (Wildman–Crippen LogP) is 5.66. The first-order valence-corrected chi connectivity index (χ1v) is 15.8. The van der Waals surface area contributed by atoms with Crippen molar-refractivity contribution in [2.75, 3.05) is 36.0 Å². The van der Waals surface area contributed by atoms with E-state index < -0.39 is 23.4 Å². The monoisotopic (exact) mass is 624 g/mol. The summed E-state index contributed by atoms with van der Waals surface area (Å²) in [5, 5.41) is 7.59. The third-order valence-corrected chi connectivity index (χ3v) is 9.86. The van der Waals surface area contributed by atoms with E-state index in [4.69, 9.17) is 16.3 Å². The van der Waals surface area contributed by atoms with Crippen LogP contribution >= 0.6 is 11.6 Å². The Morgan fingerprint density at radius 2 is 1.91 bits per heavy atom. The molecule has 1 spiro atoms. The average Bonchev–Trinajstić information content (AvgIpc) is 3.59. The first-order chi connectivity index (χ1) is 21.3. The predicted molar refractivity (Wildman–Crippen MR) is 161 cm³/mol. The minimum Gasteiger partial charge on any atom is -0.366 e. The molecule has 7 rings (SSSR count). The van der Waals surface area contributed by atoms with Gasteiger partial charge in [-0.3, -0.25) is 14.6 Å². The highest BCUT2D eigenvalue weighted by Crippen LogP contribution is 2.49. The molecular weight excluding hydrogens is 590 g/mol. The number of alkyl halides is 2. The zero-order valence-electron chi connectivity index (χ0n) is 24.3. The van der Waals surface area contributed by atoms with E-state index in [9.17, 15) is 18.4 Å². The second-order valence-electron chi connectivity index (χ2n) is 12.4. The molecule has 1 aliphatic carbocycles. The van der Waals surface area contributed by atoms with Crippen LogP contribution in [0, 0.1) is 5.92 Å². The van der Waals surface area contributed by atoms with E-state index in [0.717, 1.165) is 61.8 Å². The Bertz CT molecular complexity index is 1550. The minimum absolute atomic E-state index is 0.0237. The van der Waals surface area contributed by atoms with Gasteiger partial charge in [0.2, 0.25) is 5.91 Å². The van der Waals surface area contributed by atoms with Crippen LogP contribution in [0.4, 0.5) is 20.2 Å². The molecule has 44 heavy (non-hydrogen) atoms. The van der Waals surface area contributed by atoms with Crippen molar-refractivity contribution in [2.24, 2.45) is 5.92 Å². The lowest BCUT2D eigenvalue weighted by Crippen LogP contribution is -2.64. The molecule has 1 saturated carbocycles. The average molecular weight is 625 g/mol. The van der Waals surface area contributed by atoms with Gasteiger partial charge in [0.25, 0.3) is 12.3 Å². The van der Waals surface area contributed by atoms with Gasteiger partial charge in [0.15, 0.2) is 0 Å². The van der Waals surface area contributed by atoms with Gasteiger partial charge in [0, 0.05) is 44.2 Å². The quantitative estimate of drug-likeness (QED) is 0.365. The molecule has 2 amide bonds. The molecule has 12 heteroatoms. The molecule has 2 saturated heterocycles. The number of anilines is 2. The van der Waals surface area contributed by atoms with Gasteiger partial charge in [-0.15, -0.1) is 0 Å². The molecule has 1 aromatic carbocycles. The fourth-order valence-corrected chi connectivity index (χ4v) is 7.43. The number of pyridine rings is 1. The van der Waals surface area contributed by atoms with Crippen molar-refractivity contribution in [1.29, 1.82) is 0 Å². The van der Waals surface area contributed by atoms with Crippen molar-refractivity contribution < 1.29 is 23.1 Å². The fourth-order valence-electron chi connectivity index (χ4n) is 7.27. The molecule has 232 valence electrons. The SMILES string of the molecule is O=C(N[C@H]1CC[C@H](CN2C(=O)C3(CN(c4cnn(C5CCCCO5)c4)C3)c3ccccc32)CC1)c1cc(Cl)cnc1C(F)F.